The van der Waals surface area contributed by atoms with Gasteiger partial charge in [-0.1, -0.05) is 133 Å². The van der Waals surface area contributed by atoms with Crippen molar-refractivity contribution in [2.75, 3.05) is 0 Å². The first-order valence-corrected chi connectivity index (χ1v) is 18.9. The first-order chi connectivity index (χ1) is 27.8. The van der Waals surface area contributed by atoms with E-state index in [1.165, 1.54) is 5.39 Å². The van der Waals surface area contributed by atoms with Gasteiger partial charge in [0.15, 0.2) is 17.2 Å². The highest BCUT2D eigenvalue weighted by Gasteiger charge is 2.25. The van der Waals surface area contributed by atoms with E-state index >= 15 is 0 Å². The first kappa shape index (κ1) is 30.7. The van der Waals surface area contributed by atoms with Crippen molar-refractivity contribution in [3.8, 4) is 39.8 Å². The van der Waals surface area contributed by atoms with E-state index in [0.717, 1.165) is 94.2 Å². The van der Waals surface area contributed by atoms with E-state index in [4.69, 9.17) is 14.5 Å². The molecule has 0 fully saturated rings. The van der Waals surface area contributed by atoms with E-state index in [0.29, 0.717) is 5.82 Å². The number of hydrogen-bond donors (Lipinski definition) is 0. The topological polar surface area (TPSA) is 53.7 Å². The van der Waals surface area contributed by atoms with Gasteiger partial charge in [0, 0.05) is 43.4 Å². The number of rotatable bonds is 5. The summed E-state index contributed by atoms with van der Waals surface area (Å²) in [6, 6.07) is 65.8. The highest BCUT2D eigenvalue weighted by atomic mass is 16.3. The zero-order valence-electron chi connectivity index (χ0n) is 30.0. The van der Waals surface area contributed by atoms with Gasteiger partial charge in [0.05, 0.1) is 39.1 Å². The number of nitrogens with zero attached hydrogens (tertiary/aromatic N) is 5. The van der Waals surface area contributed by atoms with E-state index < -0.39 is 0 Å². The van der Waals surface area contributed by atoms with Crippen molar-refractivity contribution in [1.29, 1.82) is 0 Å². The predicted molar refractivity (Wildman–Crippen MR) is 228 cm³/mol. The van der Waals surface area contributed by atoms with Gasteiger partial charge in [-0.2, -0.15) is 0 Å². The lowest BCUT2D eigenvalue weighted by molar-refractivity contribution is 0.671. The molecule has 0 N–H and O–H groups in total. The fourth-order valence-electron chi connectivity index (χ4n) is 8.73. The molecule has 0 saturated carbocycles. The maximum atomic E-state index is 6.73. The van der Waals surface area contributed by atoms with Gasteiger partial charge in [0.25, 0.3) is 0 Å². The van der Waals surface area contributed by atoms with Gasteiger partial charge in [-0.05, 0) is 54.6 Å². The van der Waals surface area contributed by atoms with Crippen LogP contribution in [0.15, 0.2) is 192 Å². The molecule has 4 heterocycles. The smallest absolute Gasteiger partial charge is 0.182 e. The highest BCUT2D eigenvalue weighted by molar-refractivity contribution is 6.22. The quantitative estimate of drug-likeness (QED) is 0.178. The molecule has 12 rings (SSSR count). The second-order valence-corrected chi connectivity index (χ2v) is 14.2. The molecule has 8 aromatic carbocycles. The molecule has 262 valence electrons. The molecule has 4 aromatic heterocycles. The Morgan fingerprint density at radius 2 is 1.04 bits per heavy atom. The summed E-state index contributed by atoms with van der Waals surface area (Å²) < 4.78 is 13.5. The normalized spacial score (nSPS) is 11.9. The lowest BCUT2D eigenvalue weighted by Crippen LogP contribution is -2.03. The molecule has 0 radical (unpaired) electrons. The first-order valence-electron chi connectivity index (χ1n) is 18.9. The van der Waals surface area contributed by atoms with Crippen molar-refractivity contribution < 1.29 is 4.42 Å². The second kappa shape index (κ2) is 11.9. The van der Waals surface area contributed by atoms with Crippen LogP contribution in [0.1, 0.15) is 0 Å². The van der Waals surface area contributed by atoms with E-state index in [-0.39, 0.29) is 0 Å². The second-order valence-electron chi connectivity index (χ2n) is 14.2. The molecule has 0 aliphatic heterocycles. The zero-order chi connectivity index (χ0) is 36.7. The molecule has 0 spiro atoms. The van der Waals surface area contributed by atoms with Crippen molar-refractivity contribution in [1.82, 2.24) is 23.9 Å². The average molecular weight is 718 g/mol. The molecule has 0 atom stereocenters. The van der Waals surface area contributed by atoms with Crippen LogP contribution in [0, 0.1) is 0 Å². The maximum absolute atomic E-state index is 6.73. The molecule has 12 aromatic rings. The third-order valence-electron chi connectivity index (χ3n) is 11.1. The molecule has 0 bridgehead atoms. The van der Waals surface area contributed by atoms with E-state index in [1.807, 2.05) is 47.1 Å². The lowest BCUT2D eigenvalue weighted by Gasteiger charge is -2.16. The largest absolute Gasteiger partial charge is 0.454 e. The predicted octanol–water partition coefficient (Wildman–Crippen LogP) is 12.7. The summed E-state index contributed by atoms with van der Waals surface area (Å²) in [5.74, 6) is 1.46. The fraction of sp³-hybridized carbons (Fsp3) is 0. The van der Waals surface area contributed by atoms with E-state index in [2.05, 4.69) is 155 Å². The van der Waals surface area contributed by atoms with Gasteiger partial charge in [-0.15, -0.1) is 5.10 Å². The van der Waals surface area contributed by atoms with Crippen LogP contribution in [0.25, 0.3) is 105 Å². The molecular formula is C50H31N5O. The molecule has 6 heteroatoms. The molecule has 0 unspecified atom stereocenters. The third-order valence-corrected chi connectivity index (χ3v) is 11.1. The Hall–Kier alpha value is -7.70. The van der Waals surface area contributed by atoms with Gasteiger partial charge >= 0.3 is 0 Å². The Labute approximate surface area is 320 Å². The molecule has 0 aliphatic carbocycles. The number of fused-ring (bicyclic) bond motifs is 10. The minimum absolute atomic E-state index is 0.679. The summed E-state index contributed by atoms with van der Waals surface area (Å²) in [5, 5.41) is 11.9. The van der Waals surface area contributed by atoms with Crippen molar-refractivity contribution in [3.05, 3.63) is 188 Å². The Bertz CT molecular complexity index is 3480. The Morgan fingerprint density at radius 3 is 1.84 bits per heavy atom. The summed E-state index contributed by atoms with van der Waals surface area (Å²) >= 11 is 0. The number of para-hydroxylation sites is 6. The Kier molecular flexibility index (Phi) is 6.53. The van der Waals surface area contributed by atoms with Gasteiger partial charge in [0.1, 0.15) is 5.58 Å². The van der Waals surface area contributed by atoms with Crippen LogP contribution in [0.2, 0.25) is 0 Å². The number of furan rings is 1. The van der Waals surface area contributed by atoms with E-state index in [1.54, 1.807) is 0 Å². The molecule has 56 heavy (non-hydrogen) atoms. The lowest BCUT2D eigenvalue weighted by atomic mass is 10.1. The molecule has 0 saturated heterocycles. The Balaban J connectivity index is 1.17. The minimum atomic E-state index is 0.679. The van der Waals surface area contributed by atoms with Crippen molar-refractivity contribution in [2.45, 2.75) is 0 Å². The monoisotopic (exact) mass is 717 g/mol. The summed E-state index contributed by atoms with van der Waals surface area (Å²) in [4.78, 5) is 5.27. The number of benzene rings is 8. The molecule has 6 nitrogen and oxygen atoms in total. The molecular weight excluding hydrogens is 687 g/mol. The van der Waals surface area contributed by atoms with Gasteiger partial charge in [-0.3, -0.25) is 0 Å². The third kappa shape index (κ3) is 4.38. The average Bonchev–Trinajstić information content (AvgIpc) is 4.04. The Morgan fingerprint density at radius 1 is 0.429 bits per heavy atom. The van der Waals surface area contributed by atoms with Crippen LogP contribution in [-0.4, -0.2) is 23.9 Å². The van der Waals surface area contributed by atoms with Gasteiger partial charge in [-0.25, -0.2) is 9.67 Å². The highest BCUT2D eigenvalue weighted by Crippen LogP contribution is 2.44. The van der Waals surface area contributed by atoms with Gasteiger partial charge < -0.3 is 13.6 Å². The number of aromatic nitrogens is 5. The van der Waals surface area contributed by atoms with Gasteiger partial charge in [0.2, 0.25) is 0 Å². The van der Waals surface area contributed by atoms with Crippen molar-refractivity contribution in [3.63, 3.8) is 0 Å². The van der Waals surface area contributed by atoms with Crippen LogP contribution < -0.4 is 0 Å². The standard InChI is InChI=1S/C50H31N5O/c1-3-16-32(17-4-1)49-51-50(55(52-49)33-18-5-2-6-19-33)39-23-15-28-44-46(39)38-22-8-11-25-41(38)53(44)42-26-12-13-27-43(42)54-40-24-10-7-20-34(40)36-30-31-37-35-21-9-14-29-45(35)56-48(37)47(36)54/h1-31H. The number of hydrogen-bond acceptors (Lipinski definition) is 3. The summed E-state index contributed by atoms with van der Waals surface area (Å²) in [5.41, 5.74) is 11.2. The minimum Gasteiger partial charge on any atom is -0.454 e. The van der Waals surface area contributed by atoms with Crippen LogP contribution in [-0.2, 0) is 0 Å². The van der Waals surface area contributed by atoms with Crippen LogP contribution >= 0.6 is 0 Å². The van der Waals surface area contributed by atoms with Crippen LogP contribution in [0.3, 0.4) is 0 Å². The fourth-order valence-corrected chi connectivity index (χ4v) is 8.73. The summed E-state index contributed by atoms with van der Waals surface area (Å²) in [6.07, 6.45) is 0. The van der Waals surface area contributed by atoms with E-state index in [9.17, 15) is 0 Å². The summed E-state index contributed by atoms with van der Waals surface area (Å²) in [6.45, 7) is 0. The van der Waals surface area contributed by atoms with Crippen molar-refractivity contribution >= 4 is 65.6 Å². The molecule has 0 aliphatic rings. The summed E-state index contributed by atoms with van der Waals surface area (Å²) in [7, 11) is 0. The van der Waals surface area contributed by atoms with Crippen molar-refractivity contribution in [2.24, 2.45) is 0 Å². The van der Waals surface area contributed by atoms with Crippen LogP contribution in [0.4, 0.5) is 0 Å². The zero-order valence-corrected chi connectivity index (χ0v) is 30.0. The van der Waals surface area contributed by atoms with Crippen LogP contribution in [0.5, 0.6) is 0 Å². The maximum Gasteiger partial charge on any atom is 0.182 e. The molecule has 0 amide bonds. The SMILES string of the molecule is c1ccc(-c2nc(-c3cccc4c3c3ccccc3n4-c3ccccc3-n3c4ccccc4c4ccc5c6ccccc6oc5c43)n(-c3ccccc3)n2)cc1.